The van der Waals surface area contributed by atoms with Crippen LogP contribution in [-0.2, 0) is 0 Å². The quantitative estimate of drug-likeness (QED) is 0.572. The summed E-state index contributed by atoms with van der Waals surface area (Å²) in [5.74, 6) is 1.37. The molecule has 0 aliphatic rings. The van der Waals surface area contributed by atoms with Crippen LogP contribution in [0.4, 0.5) is 36.7 Å². The van der Waals surface area contributed by atoms with Crippen molar-refractivity contribution < 1.29 is 13.2 Å². The molecule has 0 fully saturated rings. The van der Waals surface area contributed by atoms with E-state index in [-0.39, 0.29) is 12.5 Å². The smallest absolute Gasteiger partial charge is 0.371 e. The fourth-order valence-electron chi connectivity index (χ4n) is 2.08. The zero-order valence-corrected chi connectivity index (χ0v) is 14.3. The second-order valence-electron chi connectivity index (χ2n) is 5.21. The van der Waals surface area contributed by atoms with Gasteiger partial charge in [-0.05, 0) is 6.42 Å². The highest BCUT2D eigenvalue weighted by atomic mass is 19.4. The fourth-order valence-corrected chi connectivity index (χ4v) is 2.08. The van der Waals surface area contributed by atoms with Gasteiger partial charge in [-0.3, -0.25) is 0 Å². The third-order valence-corrected chi connectivity index (χ3v) is 3.24. The number of nitrogens with one attached hydrogen (secondary N) is 4. The summed E-state index contributed by atoms with van der Waals surface area (Å²) in [7, 11) is 3.34. The summed E-state index contributed by atoms with van der Waals surface area (Å²) >= 11 is 0. The molecule has 0 amide bonds. The minimum Gasteiger partial charge on any atom is -0.371 e. The molecule has 0 aromatic carbocycles. The topological polar surface area (TPSA) is 99.7 Å². The van der Waals surface area contributed by atoms with Crippen LogP contribution in [0.25, 0.3) is 11.0 Å². The summed E-state index contributed by atoms with van der Waals surface area (Å²) in [5.41, 5.74) is 0.889. The molecule has 0 unspecified atom stereocenters. The Balaban J connectivity index is 2.38. The first-order chi connectivity index (χ1) is 11.9. The van der Waals surface area contributed by atoms with Gasteiger partial charge in [0.1, 0.15) is 11.0 Å². The highest BCUT2D eigenvalue weighted by Gasteiger charge is 2.26. The van der Waals surface area contributed by atoms with E-state index in [1.54, 1.807) is 14.1 Å². The lowest BCUT2D eigenvalue weighted by Gasteiger charge is -2.13. The molecular weight excluding hydrogens is 337 g/mol. The zero-order chi connectivity index (χ0) is 18.4. The van der Waals surface area contributed by atoms with Crippen LogP contribution in [0.3, 0.4) is 0 Å². The number of halogens is 3. The number of anilines is 4. The third-order valence-electron chi connectivity index (χ3n) is 3.24. The van der Waals surface area contributed by atoms with Gasteiger partial charge in [-0.1, -0.05) is 6.92 Å². The highest BCUT2D eigenvalue weighted by Crippen LogP contribution is 2.26. The largest absolute Gasteiger partial charge is 0.390 e. The number of fused-ring (bicyclic) bond motifs is 1. The molecule has 2 aromatic heterocycles. The summed E-state index contributed by atoms with van der Waals surface area (Å²) in [4.78, 5) is 17.2. The number of nitrogens with zero attached hydrogens (tertiary/aromatic N) is 4. The van der Waals surface area contributed by atoms with Gasteiger partial charge in [0.15, 0.2) is 11.6 Å². The van der Waals surface area contributed by atoms with Crippen LogP contribution in [0.2, 0.25) is 0 Å². The molecule has 2 rings (SSSR count). The summed E-state index contributed by atoms with van der Waals surface area (Å²) < 4.78 is 36.9. The van der Waals surface area contributed by atoms with Gasteiger partial charge in [-0.25, -0.2) is 9.97 Å². The van der Waals surface area contributed by atoms with Crippen LogP contribution >= 0.6 is 0 Å². The van der Waals surface area contributed by atoms with Crippen molar-refractivity contribution in [2.24, 2.45) is 0 Å². The molecule has 0 spiro atoms. The van der Waals surface area contributed by atoms with Gasteiger partial charge in [0.2, 0.25) is 11.9 Å². The Morgan fingerprint density at radius 3 is 1.68 bits per heavy atom. The SMILES string of the molecule is CCCNc1nc(NC)c2nc(NCCC(F)(F)F)nc(NC)c2n1. The molecule has 0 aliphatic carbocycles. The monoisotopic (exact) mass is 358 g/mol. The van der Waals surface area contributed by atoms with Crippen LogP contribution in [0, 0.1) is 0 Å². The Hall–Kier alpha value is -2.59. The van der Waals surface area contributed by atoms with E-state index in [9.17, 15) is 13.2 Å². The van der Waals surface area contributed by atoms with Gasteiger partial charge in [-0.15, -0.1) is 0 Å². The molecule has 11 heteroatoms. The van der Waals surface area contributed by atoms with Crippen molar-refractivity contribution in [3.8, 4) is 0 Å². The third kappa shape index (κ3) is 4.94. The molecule has 4 N–H and O–H groups in total. The lowest BCUT2D eigenvalue weighted by atomic mass is 10.3. The Labute approximate surface area is 143 Å². The van der Waals surface area contributed by atoms with Gasteiger partial charge >= 0.3 is 6.18 Å². The molecule has 0 aliphatic heterocycles. The van der Waals surface area contributed by atoms with E-state index in [2.05, 4.69) is 41.2 Å². The minimum atomic E-state index is -4.24. The van der Waals surface area contributed by atoms with Crippen molar-refractivity contribution in [3.05, 3.63) is 0 Å². The average molecular weight is 358 g/mol. The van der Waals surface area contributed by atoms with Gasteiger partial charge in [-0.2, -0.15) is 23.1 Å². The molecule has 8 nitrogen and oxygen atoms in total. The van der Waals surface area contributed by atoms with E-state index >= 15 is 0 Å². The molecule has 0 saturated heterocycles. The predicted octanol–water partition coefficient (Wildman–Crippen LogP) is 2.69. The maximum Gasteiger partial charge on any atom is 0.390 e. The summed E-state index contributed by atoms with van der Waals surface area (Å²) in [6, 6.07) is 0. The Morgan fingerprint density at radius 2 is 1.28 bits per heavy atom. The van der Waals surface area contributed by atoms with Crippen LogP contribution in [0.15, 0.2) is 0 Å². The number of aromatic nitrogens is 4. The van der Waals surface area contributed by atoms with E-state index in [1.807, 2.05) is 6.92 Å². The van der Waals surface area contributed by atoms with Crippen LogP contribution in [0.1, 0.15) is 19.8 Å². The summed E-state index contributed by atoms with van der Waals surface area (Å²) in [6.07, 6.45) is -4.30. The van der Waals surface area contributed by atoms with Crippen molar-refractivity contribution in [1.29, 1.82) is 0 Å². The molecular formula is C14H21F3N8. The molecule has 0 radical (unpaired) electrons. The summed E-state index contributed by atoms with van der Waals surface area (Å²) in [6.45, 7) is 2.42. The van der Waals surface area contributed by atoms with E-state index < -0.39 is 12.6 Å². The minimum absolute atomic E-state index is 0.0791. The lowest BCUT2D eigenvalue weighted by molar-refractivity contribution is -0.131. The zero-order valence-electron chi connectivity index (χ0n) is 14.3. The maximum atomic E-state index is 12.3. The average Bonchev–Trinajstić information content (AvgIpc) is 2.57. The van der Waals surface area contributed by atoms with Gasteiger partial charge in [0.25, 0.3) is 0 Å². The van der Waals surface area contributed by atoms with E-state index in [4.69, 9.17) is 0 Å². The Kier molecular flexibility index (Phi) is 5.99. The van der Waals surface area contributed by atoms with Crippen LogP contribution in [0.5, 0.6) is 0 Å². The van der Waals surface area contributed by atoms with Crippen molar-refractivity contribution in [2.75, 3.05) is 48.5 Å². The van der Waals surface area contributed by atoms with Crippen molar-refractivity contribution in [1.82, 2.24) is 19.9 Å². The van der Waals surface area contributed by atoms with Crippen LogP contribution < -0.4 is 21.3 Å². The molecule has 2 aromatic rings. The molecule has 2 heterocycles. The second-order valence-corrected chi connectivity index (χ2v) is 5.21. The number of alkyl halides is 3. The van der Waals surface area contributed by atoms with Gasteiger partial charge in [0.05, 0.1) is 6.42 Å². The number of rotatable bonds is 8. The molecule has 0 atom stereocenters. The van der Waals surface area contributed by atoms with E-state index in [0.29, 0.717) is 35.2 Å². The maximum absolute atomic E-state index is 12.3. The van der Waals surface area contributed by atoms with Crippen molar-refractivity contribution in [3.63, 3.8) is 0 Å². The number of hydrogen-bond donors (Lipinski definition) is 4. The van der Waals surface area contributed by atoms with Gasteiger partial charge in [0, 0.05) is 27.2 Å². The number of hydrogen-bond acceptors (Lipinski definition) is 8. The first-order valence-corrected chi connectivity index (χ1v) is 7.87. The Morgan fingerprint density at radius 1 is 0.800 bits per heavy atom. The van der Waals surface area contributed by atoms with Crippen LogP contribution in [-0.4, -0.2) is 53.3 Å². The van der Waals surface area contributed by atoms with E-state index in [0.717, 1.165) is 6.42 Å². The lowest BCUT2D eigenvalue weighted by Crippen LogP contribution is -2.16. The summed E-state index contributed by atoms with van der Waals surface area (Å²) in [5, 5.41) is 11.5. The molecule has 138 valence electrons. The normalized spacial score (nSPS) is 11.4. The fraction of sp³-hybridized carbons (Fsp3) is 0.571. The highest BCUT2D eigenvalue weighted by molar-refractivity contribution is 5.94. The molecule has 25 heavy (non-hydrogen) atoms. The Bertz CT molecular complexity index is 719. The van der Waals surface area contributed by atoms with Gasteiger partial charge < -0.3 is 21.3 Å². The standard InChI is InChI=1S/C14H21F3N8/c1-4-6-20-12-22-8-9(10(18-2)24-12)23-13(25-11(8)19-3)21-7-5-14(15,16)17/h4-7H2,1-3H3,(H2,18,20,22,24)(H2,19,21,23,25). The van der Waals surface area contributed by atoms with Crippen molar-refractivity contribution >= 4 is 34.6 Å². The molecule has 0 saturated carbocycles. The van der Waals surface area contributed by atoms with E-state index in [1.165, 1.54) is 0 Å². The predicted molar refractivity (Wildman–Crippen MR) is 92.2 cm³/mol. The molecule has 0 bridgehead atoms. The first-order valence-electron chi connectivity index (χ1n) is 7.87. The van der Waals surface area contributed by atoms with Crippen molar-refractivity contribution in [2.45, 2.75) is 25.9 Å². The second kappa shape index (κ2) is 7.99. The first kappa shape index (κ1) is 18.7.